The fourth-order valence-corrected chi connectivity index (χ4v) is 5.67. The Morgan fingerprint density at radius 1 is 1.29 bits per heavy atom. The van der Waals surface area contributed by atoms with Crippen molar-refractivity contribution in [3.05, 3.63) is 0 Å². The molecule has 0 radical (unpaired) electrons. The Hall–Kier alpha value is -1.19. The number of likely N-dealkylation sites (tertiary alicyclic amines) is 1. The number of rotatable bonds is 5. The third-order valence-corrected chi connectivity index (χ3v) is 7.17. The molecule has 0 aromatic rings. The quantitative estimate of drug-likeness (QED) is 0.514. The van der Waals surface area contributed by atoms with Crippen LogP contribution < -0.4 is 10.6 Å². The van der Waals surface area contributed by atoms with E-state index in [1.54, 1.807) is 4.90 Å². The Balaban J connectivity index is 1.47. The molecule has 3 fully saturated rings. The SMILES string of the molecule is CCOC(=O)N1CCC(NC(=NC)NCC2(N3CCOCC3)CCSC2)CC1. The molecular formula is C19H35N5O3S. The molecule has 1 atom stereocenters. The summed E-state index contributed by atoms with van der Waals surface area (Å²) in [7, 11) is 1.83. The predicted octanol–water partition coefficient (Wildman–Crippen LogP) is 0.980. The second kappa shape index (κ2) is 10.5. The van der Waals surface area contributed by atoms with Crippen LogP contribution in [-0.2, 0) is 9.47 Å². The van der Waals surface area contributed by atoms with E-state index in [-0.39, 0.29) is 11.6 Å². The van der Waals surface area contributed by atoms with Crippen molar-refractivity contribution in [1.29, 1.82) is 0 Å². The fourth-order valence-electron chi connectivity index (χ4n) is 4.19. The van der Waals surface area contributed by atoms with E-state index < -0.39 is 0 Å². The number of carbonyl (C=O) groups excluding carboxylic acids is 1. The third-order valence-electron chi connectivity index (χ3n) is 5.93. The standard InChI is InChI=1S/C19H35N5O3S/c1-3-27-18(25)23-7-4-16(5-8-23)22-17(20-2)21-14-19(6-13-28-15-19)24-9-11-26-12-10-24/h16H,3-15H2,1-2H3,(H2,20,21,22). The van der Waals surface area contributed by atoms with Gasteiger partial charge in [0.05, 0.1) is 19.8 Å². The minimum atomic E-state index is -0.199. The first-order valence-electron chi connectivity index (χ1n) is 10.5. The van der Waals surface area contributed by atoms with Crippen LogP contribution >= 0.6 is 11.8 Å². The summed E-state index contributed by atoms with van der Waals surface area (Å²) in [5.41, 5.74) is 0.194. The Morgan fingerprint density at radius 2 is 2.04 bits per heavy atom. The molecule has 1 unspecified atom stereocenters. The monoisotopic (exact) mass is 413 g/mol. The maximum absolute atomic E-state index is 11.9. The van der Waals surface area contributed by atoms with E-state index in [0.717, 1.165) is 70.5 Å². The van der Waals surface area contributed by atoms with Crippen LogP contribution in [0.3, 0.4) is 0 Å². The summed E-state index contributed by atoms with van der Waals surface area (Å²) in [6.07, 6.45) is 2.82. The lowest BCUT2D eigenvalue weighted by Gasteiger charge is -2.43. The van der Waals surface area contributed by atoms with Crippen molar-refractivity contribution in [1.82, 2.24) is 20.4 Å². The topological polar surface area (TPSA) is 78.4 Å². The van der Waals surface area contributed by atoms with Gasteiger partial charge in [0, 0.05) is 57.1 Å². The van der Waals surface area contributed by atoms with Crippen LogP contribution in [0.4, 0.5) is 4.79 Å². The van der Waals surface area contributed by atoms with Crippen LogP contribution in [0.15, 0.2) is 4.99 Å². The van der Waals surface area contributed by atoms with Gasteiger partial charge in [-0.3, -0.25) is 9.89 Å². The second-order valence-corrected chi connectivity index (χ2v) is 8.76. The Labute approximate surface area is 172 Å². The third kappa shape index (κ3) is 5.45. The fraction of sp³-hybridized carbons (Fsp3) is 0.895. The van der Waals surface area contributed by atoms with Gasteiger partial charge in [-0.25, -0.2) is 4.79 Å². The molecule has 28 heavy (non-hydrogen) atoms. The molecule has 0 bridgehead atoms. The van der Waals surface area contributed by atoms with Gasteiger partial charge < -0.3 is 25.0 Å². The van der Waals surface area contributed by atoms with Gasteiger partial charge in [-0.15, -0.1) is 0 Å². The molecule has 0 aliphatic carbocycles. The number of hydrogen-bond acceptors (Lipinski definition) is 6. The molecule has 9 heteroatoms. The van der Waals surface area contributed by atoms with Crippen molar-refractivity contribution in [2.24, 2.45) is 4.99 Å². The van der Waals surface area contributed by atoms with Crippen LogP contribution in [0.25, 0.3) is 0 Å². The van der Waals surface area contributed by atoms with Crippen molar-refractivity contribution in [3.8, 4) is 0 Å². The number of nitrogens with one attached hydrogen (secondary N) is 2. The van der Waals surface area contributed by atoms with Crippen LogP contribution in [0, 0.1) is 0 Å². The minimum absolute atomic E-state index is 0.194. The molecule has 3 rings (SSSR count). The van der Waals surface area contributed by atoms with Gasteiger partial charge >= 0.3 is 6.09 Å². The number of carbonyl (C=O) groups is 1. The Morgan fingerprint density at radius 3 is 2.64 bits per heavy atom. The molecule has 8 nitrogen and oxygen atoms in total. The minimum Gasteiger partial charge on any atom is -0.450 e. The summed E-state index contributed by atoms with van der Waals surface area (Å²) in [4.78, 5) is 20.7. The zero-order valence-electron chi connectivity index (χ0n) is 17.2. The lowest BCUT2D eigenvalue weighted by atomic mass is 9.95. The maximum Gasteiger partial charge on any atom is 0.409 e. The summed E-state index contributed by atoms with van der Waals surface area (Å²) in [6.45, 7) is 8.31. The molecule has 0 saturated carbocycles. The van der Waals surface area contributed by atoms with E-state index in [1.807, 2.05) is 25.7 Å². The number of ether oxygens (including phenoxy) is 2. The second-order valence-electron chi connectivity index (χ2n) is 7.66. The highest BCUT2D eigenvalue weighted by atomic mass is 32.2. The highest BCUT2D eigenvalue weighted by molar-refractivity contribution is 7.99. The Bertz CT molecular complexity index is 528. The van der Waals surface area contributed by atoms with Gasteiger partial charge in [0.2, 0.25) is 0 Å². The highest BCUT2D eigenvalue weighted by Crippen LogP contribution is 2.33. The number of nitrogens with zero attached hydrogens (tertiary/aromatic N) is 3. The summed E-state index contributed by atoms with van der Waals surface area (Å²) < 4.78 is 10.6. The molecule has 3 aliphatic rings. The lowest BCUT2D eigenvalue weighted by molar-refractivity contribution is -0.0120. The number of amides is 1. The molecule has 0 aromatic heterocycles. The number of aliphatic imine (C=N–C) groups is 1. The first-order chi connectivity index (χ1) is 13.7. The van der Waals surface area contributed by atoms with E-state index in [0.29, 0.717) is 12.6 Å². The first-order valence-corrected chi connectivity index (χ1v) is 11.6. The molecule has 1 amide bonds. The molecule has 160 valence electrons. The molecule has 3 heterocycles. The molecule has 0 spiro atoms. The van der Waals surface area contributed by atoms with E-state index >= 15 is 0 Å². The number of piperidine rings is 1. The summed E-state index contributed by atoms with van der Waals surface area (Å²) in [5.74, 6) is 3.24. The van der Waals surface area contributed by atoms with Crippen LogP contribution in [0.2, 0.25) is 0 Å². The molecule has 3 aliphatic heterocycles. The first kappa shape index (κ1) is 21.5. The number of hydrogen-bond donors (Lipinski definition) is 2. The van der Waals surface area contributed by atoms with Crippen LogP contribution in [0.1, 0.15) is 26.2 Å². The Kier molecular flexibility index (Phi) is 8.11. The summed E-state index contributed by atoms with van der Waals surface area (Å²) >= 11 is 2.04. The zero-order valence-corrected chi connectivity index (χ0v) is 18.1. The number of guanidine groups is 1. The summed E-state index contributed by atoms with van der Waals surface area (Å²) in [5, 5.41) is 7.14. The van der Waals surface area contributed by atoms with Gasteiger partial charge in [-0.2, -0.15) is 11.8 Å². The number of morpholine rings is 1. The summed E-state index contributed by atoms with van der Waals surface area (Å²) in [6, 6.07) is 0.328. The van der Waals surface area contributed by atoms with Crippen molar-refractivity contribution < 1.29 is 14.3 Å². The van der Waals surface area contributed by atoms with Gasteiger partial charge in [0.1, 0.15) is 0 Å². The van der Waals surface area contributed by atoms with Gasteiger partial charge in [-0.1, -0.05) is 0 Å². The van der Waals surface area contributed by atoms with E-state index in [1.165, 1.54) is 12.2 Å². The van der Waals surface area contributed by atoms with Crippen molar-refractivity contribution in [2.45, 2.75) is 37.8 Å². The number of thioether (sulfide) groups is 1. The van der Waals surface area contributed by atoms with Gasteiger partial charge in [0.25, 0.3) is 0 Å². The van der Waals surface area contributed by atoms with E-state index in [9.17, 15) is 4.79 Å². The van der Waals surface area contributed by atoms with Crippen molar-refractivity contribution in [3.63, 3.8) is 0 Å². The van der Waals surface area contributed by atoms with Gasteiger partial charge in [0.15, 0.2) is 5.96 Å². The smallest absolute Gasteiger partial charge is 0.409 e. The van der Waals surface area contributed by atoms with Gasteiger partial charge in [-0.05, 0) is 31.9 Å². The average Bonchev–Trinajstić information content (AvgIpc) is 3.22. The normalized spacial score (nSPS) is 27.6. The van der Waals surface area contributed by atoms with Crippen LogP contribution in [-0.4, -0.2) is 105 Å². The lowest BCUT2D eigenvalue weighted by Crippen LogP contribution is -2.60. The maximum atomic E-state index is 11.9. The van der Waals surface area contributed by atoms with E-state index in [4.69, 9.17) is 9.47 Å². The molecule has 2 N–H and O–H groups in total. The highest BCUT2D eigenvalue weighted by Gasteiger charge is 2.40. The van der Waals surface area contributed by atoms with Crippen molar-refractivity contribution >= 4 is 23.8 Å². The molecule has 0 aromatic carbocycles. The van der Waals surface area contributed by atoms with Crippen molar-refractivity contribution in [2.75, 3.05) is 71.1 Å². The molecular weight excluding hydrogens is 378 g/mol. The predicted molar refractivity (Wildman–Crippen MR) is 113 cm³/mol. The molecule has 3 saturated heterocycles. The zero-order chi connectivity index (χ0) is 19.8. The largest absolute Gasteiger partial charge is 0.450 e. The van der Waals surface area contributed by atoms with Crippen LogP contribution in [0.5, 0.6) is 0 Å². The average molecular weight is 414 g/mol. The van der Waals surface area contributed by atoms with E-state index in [2.05, 4.69) is 20.5 Å².